The van der Waals surface area contributed by atoms with Crippen molar-refractivity contribution < 1.29 is 14.3 Å². The quantitative estimate of drug-likeness (QED) is 0.315. The Kier molecular flexibility index (Phi) is 6.67. The smallest absolute Gasteiger partial charge is 0.257 e. The Morgan fingerprint density at radius 1 is 0.973 bits per heavy atom. The minimum absolute atomic E-state index is 0.152. The third-order valence-electron chi connectivity index (χ3n) is 5.97. The van der Waals surface area contributed by atoms with Crippen LogP contribution in [0.3, 0.4) is 0 Å². The molecule has 0 spiro atoms. The number of nitrogens with one attached hydrogen (secondary N) is 1. The molecule has 186 valence electrons. The number of carbonyl (C=O) groups is 1. The Hall–Kier alpha value is -4.92. The van der Waals surface area contributed by atoms with Crippen LogP contribution in [-0.4, -0.2) is 47.5 Å². The van der Waals surface area contributed by atoms with Crippen LogP contribution < -0.4 is 20.5 Å². The molecule has 1 amide bonds. The Labute approximate surface area is 213 Å². The number of hydrogen-bond acceptors (Lipinski definition) is 7. The van der Waals surface area contributed by atoms with Crippen LogP contribution >= 0.6 is 0 Å². The fourth-order valence-corrected chi connectivity index (χ4v) is 4.10. The highest BCUT2D eigenvalue weighted by Gasteiger charge is 2.24. The van der Waals surface area contributed by atoms with Crippen LogP contribution in [0.25, 0.3) is 22.2 Å². The van der Waals surface area contributed by atoms with E-state index < -0.39 is 0 Å². The summed E-state index contributed by atoms with van der Waals surface area (Å²) < 4.78 is 12.1. The highest BCUT2D eigenvalue weighted by molar-refractivity contribution is 6.10. The number of para-hydroxylation sites is 2. The van der Waals surface area contributed by atoms with E-state index in [4.69, 9.17) is 25.2 Å². The SMILES string of the molecule is COc1ccc(/C=N/n2c(N)c(C(=O)NCCc3ccccc3)c3nc4ccccc4nc32)cc1OC. The van der Waals surface area contributed by atoms with Crippen molar-refractivity contribution in [2.24, 2.45) is 5.10 Å². The van der Waals surface area contributed by atoms with Gasteiger partial charge in [0.05, 0.1) is 31.5 Å². The number of carbonyl (C=O) groups excluding carboxylic acids is 1. The molecule has 0 radical (unpaired) electrons. The molecule has 5 rings (SSSR count). The summed E-state index contributed by atoms with van der Waals surface area (Å²) in [6.45, 7) is 0.449. The van der Waals surface area contributed by atoms with E-state index in [1.54, 1.807) is 32.6 Å². The van der Waals surface area contributed by atoms with Crippen molar-refractivity contribution in [2.75, 3.05) is 26.5 Å². The normalized spacial score (nSPS) is 11.3. The number of benzene rings is 3. The van der Waals surface area contributed by atoms with E-state index in [9.17, 15) is 4.79 Å². The van der Waals surface area contributed by atoms with Crippen molar-refractivity contribution in [3.8, 4) is 11.5 Å². The van der Waals surface area contributed by atoms with Crippen LogP contribution in [0.5, 0.6) is 11.5 Å². The summed E-state index contributed by atoms with van der Waals surface area (Å²) in [6.07, 6.45) is 2.31. The molecule has 0 fully saturated rings. The summed E-state index contributed by atoms with van der Waals surface area (Å²) in [7, 11) is 3.15. The minimum atomic E-state index is -0.330. The van der Waals surface area contributed by atoms with Gasteiger partial charge < -0.3 is 20.5 Å². The van der Waals surface area contributed by atoms with E-state index in [0.29, 0.717) is 46.7 Å². The van der Waals surface area contributed by atoms with E-state index in [-0.39, 0.29) is 17.3 Å². The molecule has 0 aliphatic rings. The fraction of sp³-hybridized carbons (Fsp3) is 0.143. The van der Waals surface area contributed by atoms with Gasteiger partial charge in [-0.3, -0.25) is 4.79 Å². The molecule has 9 nitrogen and oxygen atoms in total. The standard InChI is InChI=1S/C28H26N6O3/c1-36-22-13-12-19(16-23(22)37-2)17-31-34-26(29)24(28(35)30-15-14-18-8-4-3-5-9-18)25-27(34)33-21-11-7-6-10-20(21)32-25/h3-13,16-17H,14-15,29H2,1-2H3,(H,30,35)/b31-17+. The minimum Gasteiger partial charge on any atom is -0.493 e. The maximum absolute atomic E-state index is 13.3. The van der Waals surface area contributed by atoms with Crippen molar-refractivity contribution >= 4 is 40.1 Å². The molecule has 3 aromatic carbocycles. The molecular formula is C28H26N6O3. The fourth-order valence-electron chi connectivity index (χ4n) is 4.10. The number of hydrogen-bond donors (Lipinski definition) is 2. The van der Waals surface area contributed by atoms with Crippen LogP contribution in [0.4, 0.5) is 5.82 Å². The van der Waals surface area contributed by atoms with Gasteiger partial charge in [-0.25, -0.2) is 9.97 Å². The van der Waals surface area contributed by atoms with Gasteiger partial charge in [0.25, 0.3) is 5.91 Å². The summed E-state index contributed by atoms with van der Waals surface area (Å²) >= 11 is 0. The molecule has 0 unspecified atom stereocenters. The number of methoxy groups -OCH3 is 2. The highest BCUT2D eigenvalue weighted by atomic mass is 16.5. The van der Waals surface area contributed by atoms with Crippen molar-refractivity contribution in [1.82, 2.24) is 20.0 Å². The van der Waals surface area contributed by atoms with Gasteiger partial charge >= 0.3 is 0 Å². The molecule has 0 aliphatic heterocycles. The molecule has 0 saturated carbocycles. The third-order valence-corrected chi connectivity index (χ3v) is 5.97. The van der Waals surface area contributed by atoms with Crippen LogP contribution in [0.15, 0.2) is 77.9 Å². The number of amides is 1. The molecule has 0 saturated heterocycles. The second-order valence-corrected chi connectivity index (χ2v) is 8.31. The first kappa shape index (κ1) is 23.8. The molecule has 2 aromatic heterocycles. The topological polar surface area (TPSA) is 117 Å². The molecule has 0 atom stereocenters. The molecule has 3 N–H and O–H groups in total. The maximum atomic E-state index is 13.3. The molecule has 37 heavy (non-hydrogen) atoms. The predicted molar refractivity (Wildman–Crippen MR) is 144 cm³/mol. The number of nitrogens with zero attached hydrogens (tertiary/aromatic N) is 4. The van der Waals surface area contributed by atoms with Gasteiger partial charge in [0.15, 0.2) is 17.1 Å². The largest absolute Gasteiger partial charge is 0.493 e. The first-order chi connectivity index (χ1) is 18.1. The first-order valence-corrected chi connectivity index (χ1v) is 11.7. The van der Waals surface area contributed by atoms with Crippen LogP contribution in [0, 0.1) is 0 Å². The summed E-state index contributed by atoms with van der Waals surface area (Å²) in [4.78, 5) is 22.7. The zero-order chi connectivity index (χ0) is 25.8. The first-order valence-electron chi connectivity index (χ1n) is 11.7. The number of rotatable bonds is 8. The van der Waals surface area contributed by atoms with Gasteiger partial charge in [-0.1, -0.05) is 42.5 Å². The van der Waals surface area contributed by atoms with Gasteiger partial charge in [-0.2, -0.15) is 9.78 Å². The molecule has 2 heterocycles. The molecule has 0 aliphatic carbocycles. The maximum Gasteiger partial charge on any atom is 0.257 e. The third kappa shape index (κ3) is 4.79. The average Bonchev–Trinajstić information content (AvgIpc) is 3.20. The van der Waals surface area contributed by atoms with Crippen molar-refractivity contribution in [3.05, 3.63) is 89.5 Å². The van der Waals surface area contributed by atoms with Gasteiger partial charge in [0, 0.05) is 6.54 Å². The van der Waals surface area contributed by atoms with E-state index in [1.165, 1.54) is 4.68 Å². The summed E-state index contributed by atoms with van der Waals surface area (Å²) in [5.74, 6) is 1.00. The zero-order valence-corrected chi connectivity index (χ0v) is 20.5. The predicted octanol–water partition coefficient (Wildman–Crippen LogP) is 4.04. The number of nitrogen functional groups attached to an aromatic ring is 1. The van der Waals surface area contributed by atoms with Gasteiger partial charge in [0.1, 0.15) is 16.9 Å². The highest BCUT2D eigenvalue weighted by Crippen LogP contribution is 2.29. The van der Waals surface area contributed by atoms with Crippen molar-refractivity contribution in [2.45, 2.75) is 6.42 Å². The second kappa shape index (κ2) is 10.4. The Morgan fingerprint density at radius 2 is 1.68 bits per heavy atom. The number of aromatic nitrogens is 3. The molecule has 9 heteroatoms. The number of nitrogens with two attached hydrogens (primary N) is 1. The van der Waals surface area contributed by atoms with Gasteiger partial charge in [-0.15, -0.1) is 0 Å². The Morgan fingerprint density at radius 3 is 2.41 bits per heavy atom. The molecule has 0 bridgehead atoms. The van der Waals surface area contributed by atoms with Crippen LogP contribution in [-0.2, 0) is 6.42 Å². The van der Waals surface area contributed by atoms with Crippen molar-refractivity contribution in [1.29, 1.82) is 0 Å². The van der Waals surface area contributed by atoms with E-state index >= 15 is 0 Å². The number of fused-ring (bicyclic) bond motifs is 2. The second-order valence-electron chi connectivity index (χ2n) is 8.31. The van der Waals surface area contributed by atoms with E-state index in [2.05, 4.69) is 10.4 Å². The lowest BCUT2D eigenvalue weighted by molar-refractivity contribution is 0.0956. The molecular weight excluding hydrogens is 468 g/mol. The summed E-state index contributed by atoms with van der Waals surface area (Å²) in [5, 5.41) is 7.52. The summed E-state index contributed by atoms with van der Waals surface area (Å²) in [6, 6.07) is 22.8. The average molecular weight is 495 g/mol. The lowest BCUT2D eigenvalue weighted by Crippen LogP contribution is -2.26. The van der Waals surface area contributed by atoms with Gasteiger partial charge in [-0.05, 0) is 47.9 Å². The van der Waals surface area contributed by atoms with Crippen LogP contribution in [0.2, 0.25) is 0 Å². The monoisotopic (exact) mass is 494 g/mol. The number of anilines is 1. The molecule has 5 aromatic rings. The lowest BCUT2D eigenvalue weighted by Gasteiger charge is -2.07. The lowest BCUT2D eigenvalue weighted by atomic mass is 10.1. The van der Waals surface area contributed by atoms with E-state index in [0.717, 1.165) is 11.1 Å². The number of ether oxygens (including phenoxy) is 2. The zero-order valence-electron chi connectivity index (χ0n) is 20.5. The Bertz CT molecular complexity index is 1610. The van der Waals surface area contributed by atoms with Crippen molar-refractivity contribution in [3.63, 3.8) is 0 Å². The summed E-state index contributed by atoms with van der Waals surface area (Å²) in [5.41, 5.74) is 10.7. The van der Waals surface area contributed by atoms with E-state index in [1.807, 2.05) is 60.7 Å². The van der Waals surface area contributed by atoms with Crippen LogP contribution in [0.1, 0.15) is 21.5 Å². The Balaban J connectivity index is 1.53. The van der Waals surface area contributed by atoms with Gasteiger partial charge in [0.2, 0.25) is 0 Å².